The first-order chi connectivity index (χ1) is 13.2. The van der Waals surface area contributed by atoms with Gasteiger partial charge in [-0.25, -0.2) is 4.39 Å². The number of carbonyl (C=O) groups is 1. The van der Waals surface area contributed by atoms with E-state index in [4.69, 9.17) is 4.42 Å². The third-order valence-corrected chi connectivity index (χ3v) is 4.89. The Morgan fingerprint density at radius 1 is 1.04 bits per heavy atom. The molecule has 3 heterocycles. The summed E-state index contributed by atoms with van der Waals surface area (Å²) in [6.07, 6.45) is 7.39. The van der Waals surface area contributed by atoms with Gasteiger partial charge in [0.05, 0.1) is 6.26 Å². The minimum absolute atomic E-state index is 0.218. The number of rotatable bonds is 4. The number of hydrogen-bond acceptors (Lipinski definition) is 4. The molecule has 3 N–H and O–H groups in total. The smallest absolute Gasteiger partial charge is 0.291 e. The van der Waals surface area contributed by atoms with E-state index < -0.39 is 0 Å². The molecule has 1 amide bonds. The minimum atomic E-state index is -0.385. The maximum absolute atomic E-state index is 14.5. The van der Waals surface area contributed by atoms with Crippen LogP contribution >= 0.6 is 0 Å². The molecule has 0 unspecified atom stereocenters. The first-order valence-corrected chi connectivity index (χ1v) is 9.20. The van der Waals surface area contributed by atoms with Crippen molar-refractivity contribution in [3.8, 4) is 0 Å². The molecule has 0 saturated carbocycles. The number of amides is 1. The number of hydrogen-bond donors (Lipinski definition) is 3. The van der Waals surface area contributed by atoms with Gasteiger partial charge in [0.1, 0.15) is 5.82 Å². The second-order valence-electron chi connectivity index (χ2n) is 6.72. The fraction of sp³-hybridized carbons (Fsp3) is 0.286. The van der Waals surface area contributed by atoms with Crippen LogP contribution in [0.1, 0.15) is 34.5 Å². The van der Waals surface area contributed by atoms with E-state index in [0.717, 1.165) is 50.2 Å². The van der Waals surface area contributed by atoms with Crippen LogP contribution in [0.5, 0.6) is 0 Å². The average Bonchev–Trinajstić information content (AvgIpc) is 3.20. The Morgan fingerprint density at radius 2 is 1.78 bits per heavy atom. The van der Waals surface area contributed by atoms with Gasteiger partial charge in [-0.2, -0.15) is 0 Å². The molecular formula is C21H22FN3O2. The average molecular weight is 367 g/mol. The van der Waals surface area contributed by atoms with Crippen LogP contribution in [0.25, 0.3) is 11.1 Å². The molecule has 1 aromatic carbocycles. The summed E-state index contributed by atoms with van der Waals surface area (Å²) in [5.41, 5.74) is 4.08. The fourth-order valence-corrected chi connectivity index (χ4v) is 3.42. The summed E-state index contributed by atoms with van der Waals surface area (Å²) in [7, 11) is 0. The van der Waals surface area contributed by atoms with E-state index in [-0.39, 0.29) is 17.5 Å². The molecule has 1 aromatic heterocycles. The van der Waals surface area contributed by atoms with Gasteiger partial charge in [0, 0.05) is 29.9 Å². The summed E-state index contributed by atoms with van der Waals surface area (Å²) in [6, 6.07) is 6.53. The lowest BCUT2D eigenvalue weighted by atomic mass is 9.99. The van der Waals surface area contributed by atoms with E-state index in [1.807, 2.05) is 6.08 Å². The van der Waals surface area contributed by atoms with Crippen molar-refractivity contribution in [1.29, 1.82) is 0 Å². The number of nitrogens with one attached hydrogen (secondary N) is 3. The molecule has 6 heteroatoms. The monoisotopic (exact) mass is 367 g/mol. The van der Waals surface area contributed by atoms with Crippen molar-refractivity contribution >= 4 is 22.7 Å². The Balaban J connectivity index is 1.46. The quantitative estimate of drug-likeness (QED) is 0.775. The maximum atomic E-state index is 14.5. The Hall–Kier alpha value is -2.70. The van der Waals surface area contributed by atoms with Crippen LogP contribution in [-0.2, 0) is 0 Å². The zero-order chi connectivity index (χ0) is 18.6. The van der Waals surface area contributed by atoms with Gasteiger partial charge in [-0.1, -0.05) is 12.2 Å². The van der Waals surface area contributed by atoms with Crippen LogP contribution in [0, 0.1) is 5.82 Å². The van der Waals surface area contributed by atoms with E-state index in [9.17, 15) is 9.18 Å². The minimum Gasteiger partial charge on any atom is -0.459 e. The molecule has 0 radical (unpaired) electrons. The topological polar surface area (TPSA) is 66.3 Å². The number of anilines is 1. The van der Waals surface area contributed by atoms with Gasteiger partial charge in [-0.05, 0) is 61.3 Å². The molecular weight excluding hydrogens is 345 g/mol. The fourth-order valence-electron chi connectivity index (χ4n) is 3.42. The first-order valence-electron chi connectivity index (χ1n) is 9.20. The molecule has 2 aliphatic heterocycles. The lowest BCUT2D eigenvalue weighted by molar-refractivity contribution is 0.0996. The SMILES string of the molecule is O=C(Nc1ccc(C2=CCNCC2)c(F)c1)c1cc(C2=CCNCC2)co1. The van der Waals surface area contributed by atoms with Crippen LogP contribution < -0.4 is 16.0 Å². The summed E-state index contributed by atoms with van der Waals surface area (Å²) < 4.78 is 19.9. The normalized spacial score (nSPS) is 17.2. The van der Waals surface area contributed by atoms with Crippen LogP contribution in [0.15, 0.2) is 47.1 Å². The summed E-state index contributed by atoms with van der Waals surface area (Å²) in [6.45, 7) is 3.33. The van der Waals surface area contributed by atoms with Crippen molar-refractivity contribution in [3.05, 3.63) is 65.4 Å². The van der Waals surface area contributed by atoms with E-state index in [0.29, 0.717) is 11.3 Å². The summed E-state index contributed by atoms with van der Waals surface area (Å²) in [5, 5.41) is 9.17. The lowest BCUT2D eigenvalue weighted by Gasteiger charge is -2.15. The molecule has 2 aliphatic rings. The number of benzene rings is 1. The molecule has 0 saturated heterocycles. The Morgan fingerprint density at radius 3 is 2.44 bits per heavy atom. The Bertz CT molecular complexity index is 914. The molecule has 27 heavy (non-hydrogen) atoms. The Labute approximate surface area is 157 Å². The highest BCUT2D eigenvalue weighted by atomic mass is 19.1. The van der Waals surface area contributed by atoms with Crippen LogP contribution in [-0.4, -0.2) is 32.1 Å². The van der Waals surface area contributed by atoms with E-state index in [1.165, 1.54) is 11.6 Å². The molecule has 0 atom stereocenters. The largest absolute Gasteiger partial charge is 0.459 e. The van der Waals surface area contributed by atoms with Crippen LogP contribution in [0.2, 0.25) is 0 Å². The van der Waals surface area contributed by atoms with Gasteiger partial charge in [-0.15, -0.1) is 0 Å². The van der Waals surface area contributed by atoms with Crippen molar-refractivity contribution in [2.45, 2.75) is 12.8 Å². The first kappa shape index (κ1) is 17.7. The lowest BCUT2D eigenvalue weighted by Crippen LogP contribution is -2.20. The third kappa shape index (κ3) is 4.02. The van der Waals surface area contributed by atoms with Gasteiger partial charge in [-0.3, -0.25) is 4.79 Å². The number of halogens is 1. The predicted molar refractivity (Wildman–Crippen MR) is 104 cm³/mol. The van der Waals surface area contributed by atoms with Gasteiger partial charge in [0.2, 0.25) is 0 Å². The zero-order valence-electron chi connectivity index (χ0n) is 15.0. The molecule has 2 aromatic rings. The molecule has 4 rings (SSSR count). The van der Waals surface area contributed by atoms with Crippen molar-refractivity contribution in [2.24, 2.45) is 0 Å². The van der Waals surface area contributed by atoms with E-state index in [2.05, 4.69) is 22.0 Å². The highest BCUT2D eigenvalue weighted by Gasteiger charge is 2.16. The van der Waals surface area contributed by atoms with Crippen molar-refractivity contribution in [2.75, 3.05) is 31.5 Å². The van der Waals surface area contributed by atoms with E-state index in [1.54, 1.807) is 24.5 Å². The van der Waals surface area contributed by atoms with Gasteiger partial charge in [0.25, 0.3) is 5.91 Å². The molecule has 140 valence electrons. The van der Waals surface area contributed by atoms with Gasteiger partial charge in [0.15, 0.2) is 5.76 Å². The van der Waals surface area contributed by atoms with E-state index >= 15 is 0 Å². The summed E-state index contributed by atoms with van der Waals surface area (Å²) in [4.78, 5) is 12.4. The molecule has 0 fully saturated rings. The Kier molecular flexibility index (Phi) is 5.18. The number of carbonyl (C=O) groups excluding carboxylic acids is 1. The van der Waals surface area contributed by atoms with Crippen molar-refractivity contribution in [1.82, 2.24) is 10.6 Å². The summed E-state index contributed by atoms with van der Waals surface area (Å²) in [5.74, 6) is -0.500. The summed E-state index contributed by atoms with van der Waals surface area (Å²) >= 11 is 0. The second kappa shape index (κ2) is 7.90. The highest BCUT2D eigenvalue weighted by molar-refractivity contribution is 6.02. The van der Waals surface area contributed by atoms with Crippen molar-refractivity contribution < 1.29 is 13.6 Å². The van der Waals surface area contributed by atoms with Crippen LogP contribution in [0.3, 0.4) is 0 Å². The van der Waals surface area contributed by atoms with Gasteiger partial charge < -0.3 is 20.4 Å². The molecule has 5 nitrogen and oxygen atoms in total. The van der Waals surface area contributed by atoms with Crippen LogP contribution in [0.4, 0.5) is 10.1 Å². The highest BCUT2D eigenvalue weighted by Crippen LogP contribution is 2.26. The van der Waals surface area contributed by atoms with Crippen molar-refractivity contribution in [3.63, 3.8) is 0 Å². The number of furan rings is 1. The third-order valence-electron chi connectivity index (χ3n) is 4.89. The molecule has 0 spiro atoms. The second-order valence-corrected chi connectivity index (χ2v) is 6.72. The van der Waals surface area contributed by atoms with Gasteiger partial charge >= 0.3 is 0 Å². The predicted octanol–water partition coefficient (Wildman–Crippen LogP) is 3.42. The zero-order valence-corrected chi connectivity index (χ0v) is 15.0. The molecule has 0 bridgehead atoms. The molecule has 0 aliphatic carbocycles. The maximum Gasteiger partial charge on any atom is 0.291 e. The standard InChI is InChI=1S/C21H22FN3O2/c22-19-12-17(1-2-18(19)15-5-9-24-10-6-15)25-21(26)20-11-16(13-27-20)14-3-7-23-8-4-14/h1-3,5,11-13,23-24H,4,6-10H2,(H,25,26).